The van der Waals surface area contributed by atoms with Crippen molar-refractivity contribution < 1.29 is 0 Å². The largest absolute Gasteiger partial charge is 0.295 e. The molecule has 1 aromatic heterocycles. The molecule has 19 heavy (non-hydrogen) atoms. The van der Waals surface area contributed by atoms with Gasteiger partial charge in [-0.1, -0.05) is 27.5 Å². The molecule has 2 aromatic carbocycles. The lowest BCUT2D eigenvalue weighted by atomic mass is 10.3. The van der Waals surface area contributed by atoms with Crippen LogP contribution in [0.4, 0.5) is 0 Å². The highest BCUT2D eigenvalue weighted by Gasteiger charge is 2.11. The molecule has 0 bridgehead atoms. The zero-order valence-electron chi connectivity index (χ0n) is 9.78. The van der Waals surface area contributed by atoms with Gasteiger partial charge in [0.15, 0.2) is 0 Å². The van der Waals surface area contributed by atoms with Crippen LogP contribution in [0, 0.1) is 0 Å². The number of imidazole rings is 1. The van der Waals surface area contributed by atoms with Gasteiger partial charge in [-0.15, -0.1) is 11.6 Å². The van der Waals surface area contributed by atoms with Crippen molar-refractivity contribution in [1.82, 2.24) is 9.55 Å². The van der Waals surface area contributed by atoms with Crippen LogP contribution < -0.4 is 0 Å². The highest BCUT2D eigenvalue weighted by molar-refractivity contribution is 9.10. The Balaban J connectivity index is 2.29. The van der Waals surface area contributed by atoms with Crippen molar-refractivity contribution in [1.29, 1.82) is 0 Å². The summed E-state index contributed by atoms with van der Waals surface area (Å²) in [5.74, 6) is 1.16. The number of benzene rings is 2. The van der Waals surface area contributed by atoms with Crippen LogP contribution in [-0.2, 0) is 5.88 Å². The number of hydrogen-bond acceptors (Lipinski definition) is 1. The van der Waals surface area contributed by atoms with E-state index in [9.17, 15) is 0 Å². The zero-order valence-corrected chi connectivity index (χ0v) is 12.9. The second kappa shape index (κ2) is 5.16. The van der Waals surface area contributed by atoms with Crippen molar-refractivity contribution >= 4 is 50.2 Å². The Morgan fingerprint density at radius 1 is 1.11 bits per heavy atom. The third-order valence-electron chi connectivity index (χ3n) is 2.89. The summed E-state index contributed by atoms with van der Waals surface area (Å²) < 4.78 is 3.08. The second-order valence-corrected chi connectivity index (χ2v) is 5.73. The van der Waals surface area contributed by atoms with Crippen LogP contribution in [0.3, 0.4) is 0 Å². The maximum Gasteiger partial charge on any atom is 0.129 e. The summed E-state index contributed by atoms with van der Waals surface area (Å²) in [5, 5.41) is 0.675. The van der Waals surface area contributed by atoms with Crippen molar-refractivity contribution in [3.63, 3.8) is 0 Å². The zero-order chi connectivity index (χ0) is 13.4. The van der Waals surface area contributed by atoms with Crippen LogP contribution in [0.15, 0.2) is 46.9 Å². The van der Waals surface area contributed by atoms with Crippen molar-refractivity contribution in [2.45, 2.75) is 5.88 Å². The Hall–Kier alpha value is -1.03. The summed E-state index contributed by atoms with van der Waals surface area (Å²) in [7, 11) is 0. The summed E-state index contributed by atoms with van der Waals surface area (Å²) in [4.78, 5) is 4.53. The van der Waals surface area contributed by atoms with Crippen LogP contribution in [-0.4, -0.2) is 9.55 Å². The van der Waals surface area contributed by atoms with Gasteiger partial charge in [-0.3, -0.25) is 4.57 Å². The van der Waals surface area contributed by atoms with E-state index in [1.54, 1.807) is 0 Å². The van der Waals surface area contributed by atoms with Gasteiger partial charge < -0.3 is 0 Å². The summed E-state index contributed by atoms with van der Waals surface area (Å²) in [5.41, 5.74) is 2.89. The third kappa shape index (κ3) is 2.38. The number of halogens is 3. The lowest BCUT2D eigenvalue weighted by molar-refractivity contribution is 0.981. The number of hydrogen-bond donors (Lipinski definition) is 0. The number of rotatable bonds is 2. The van der Waals surface area contributed by atoms with Crippen molar-refractivity contribution in [2.75, 3.05) is 0 Å². The maximum absolute atomic E-state index is 6.00. The predicted molar refractivity (Wildman–Crippen MR) is 83.3 cm³/mol. The quantitative estimate of drug-likeness (QED) is 0.579. The van der Waals surface area contributed by atoms with E-state index in [2.05, 4.69) is 20.9 Å². The molecule has 0 unspecified atom stereocenters. The fourth-order valence-corrected chi connectivity index (χ4v) is 2.68. The molecule has 96 valence electrons. The third-order valence-corrected chi connectivity index (χ3v) is 3.89. The fourth-order valence-electron chi connectivity index (χ4n) is 2.07. The molecule has 0 saturated heterocycles. The first-order chi connectivity index (χ1) is 9.19. The Morgan fingerprint density at radius 3 is 2.53 bits per heavy atom. The van der Waals surface area contributed by atoms with Gasteiger partial charge in [0.25, 0.3) is 0 Å². The van der Waals surface area contributed by atoms with Gasteiger partial charge in [-0.05, 0) is 42.5 Å². The van der Waals surface area contributed by atoms with Gasteiger partial charge >= 0.3 is 0 Å². The summed E-state index contributed by atoms with van der Waals surface area (Å²) in [6.07, 6.45) is 0. The first-order valence-corrected chi connectivity index (χ1v) is 7.38. The average molecular weight is 356 g/mol. The molecule has 0 saturated carbocycles. The second-order valence-electron chi connectivity index (χ2n) is 4.11. The van der Waals surface area contributed by atoms with Crippen LogP contribution in [0.2, 0.25) is 5.02 Å². The van der Waals surface area contributed by atoms with Gasteiger partial charge in [0, 0.05) is 15.2 Å². The molecule has 0 aliphatic carbocycles. The van der Waals surface area contributed by atoms with Gasteiger partial charge in [-0.25, -0.2) is 4.98 Å². The normalized spacial score (nSPS) is 11.1. The monoisotopic (exact) mass is 354 g/mol. The lowest BCUT2D eigenvalue weighted by Gasteiger charge is -2.07. The summed E-state index contributed by atoms with van der Waals surface area (Å²) in [6.45, 7) is 0. The van der Waals surface area contributed by atoms with E-state index < -0.39 is 0 Å². The van der Waals surface area contributed by atoms with Crippen LogP contribution in [0.5, 0.6) is 0 Å². The molecule has 2 nitrogen and oxygen atoms in total. The molecule has 3 aromatic rings. The number of nitrogens with zero attached hydrogens (tertiary/aromatic N) is 2. The molecule has 5 heteroatoms. The van der Waals surface area contributed by atoms with E-state index in [0.29, 0.717) is 10.9 Å². The van der Waals surface area contributed by atoms with E-state index in [-0.39, 0.29) is 0 Å². The SMILES string of the molecule is ClCc1nc2cc(Cl)ccc2n1-c1ccc(Br)cc1. The average Bonchev–Trinajstić information content (AvgIpc) is 2.77. The van der Waals surface area contributed by atoms with Gasteiger partial charge in [0.05, 0.1) is 16.9 Å². The summed E-state index contributed by atoms with van der Waals surface area (Å²) in [6, 6.07) is 13.7. The van der Waals surface area contributed by atoms with Gasteiger partial charge in [0.2, 0.25) is 0 Å². The van der Waals surface area contributed by atoms with E-state index in [4.69, 9.17) is 23.2 Å². The topological polar surface area (TPSA) is 17.8 Å². The minimum Gasteiger partial charge on any atom is -0.295 e. The number of aromatic nitrogens is 2. The minimum atomic E-state index is 0.350. The smallest absolute Gasteiger partial charge is 0.129 e. The molecule has 0 fully saturated rings. The molecule has 0 atom stereocenters. The van der Waals surface area contributed by atoms with Crippen molar-refractivity contribution in [3.05, 3.63) is 57.8 Å². The first kappa shape index (κ1) is 13.0. The van der Waals surface area contributed by atoms with E-state index in [1.165, 1.54) is 0 Å². The molecule has 0 spiro atoms. The van der Waals surface area contributed by atoms with Crippen LogP contribution >= 0.6 is 39.1 Å². The van der Waals surface area contributed by atoms with E-state index >= 15 is 0 Å². The summed E-state index contributed by atoms with van der Waals surface area (Å²) >= 11 is 15.4. The lowest BCUT2D eigenvalue weighted by Crippen LogP contribution is -1.98. The fraction of sp³-hybridized carbons (Fsp3) is 0.0714. The van der Waals surface area contributed by atoms with Crippen LogP contribution in [0.25, 0.3) is 16.7 Å². The maximum atomic E-state index is 6.00. The molecular weight excluding hydrogens is 347 g/mol. The number of fused-ring (bicyclic) bond motifs is 1. The molecular formula is C14H9BrCl2N2. The van der Waals surface area contributed by atoms with Crippen LogP contribution in [0.1, 0.15) is 5.82 Å². The van der Waals surface area contributed by atoms with E-state index in [1.807, 2.05) is 47.0 Å². The molecule has 0 N–H and O–H groups in total. The molecule has 1 heterocycles. The number of alkyl halides is 1. The van der Waals surface area contributed by atoms with Gasteiger partial charge in [0.1, 0.15) is 5.82 Å². The minimum absolute atomic E-state index is 0.350. The molecule has 3 rings (SSSR count). The predicted octanol–water partition coefficient (Wildman–Crippen LogP) is 5.18. The first-order valence-electron chi connectivity index (χ1n) is 5.68. The highest BCUT2D eigenvalue weighted by Crippen LogP contribution is 2.25. The Bertz CT molecular complexity index is 735. The molecule has 0 aliphatic heterocycles. The Labute approximate surface area is 129 Å². The van der Waals surface area contributed by atoms with Gasteiger partial charge in [-0.2, -0.15) is 0 Å². The molecule has 0 radical (unpaired) electrons. The standard InChI is InChI=1S/C14H9BrCl2N2/c15-9-1-4-11(5-2-9)19-13-6-3-10(17)7-12(13)18-14(19)8-16/h1-7H,8H2. The Kier molecular flexibility index (Phi) is 3.52. The molecule has 0 amide bonds. The highest BCUT2D eigenvalue weighted by atomic mass is 79.9. The van der Waals surface area contributed by atoms with E-state index in [0.717, 1.165) is 27.0 Å². The van der Waals surface area contributed by atoms with Crippen molar-refractivity contribution in [2.24, 2.45) is 0 Å². The Morgan fingerprint density at radius 2 is 1.84 bits per heavy atom. The molecule has 0 aliphatic rings. The van der Waals surface area contributed by atoms with Crippen molar-refractivity contribution in [3.8, 4) is 5.69 Å².